The lowest BCUT2D eigenvalue weighted by Gasteiger charge is -2.17. The molecular weight excluding hydrogens is 220 g/mol. The number of benzene rings is 2. The van der Waals surface area contributed by atoms with Gasteiger partial charge in [0.1, 0.15) is 0 Å². The molecule has 0 heterocycles. The van der Waals surface area contributed by atoms with E-state index in [1.165, 1.54) is 16.7 Å². The Morgan fingerprint density at radius 1 is 0.944 bits per heavy atom. The first-order chi connectivity index (χ1) is 8.79. The van der Waals surface area contributed by atoms with E-state index in [9.17, 15) is 0 Å². The second-order valence-corrected chi connectivity index (χ2v) is 4.68. The van der Waals surface area contributed by atoms with Crippen molar-refractivity contribution in [2.75, 3.05) is 0 Å². The second-order valence-electron chi connectivity index (χ2n) is 4.68. The van der Waals surface area contributed by atoms with Gasteiger partial charge in [-0.25, -0.2) is 0 Å². The molecule has 1 atom stereocenters. The average Bonchev–Trinajstić information content (AvgIpc) is 2.41. The van der Waals surface area contributed by atoms with Crippen LogP contribution in [0.15, 0.2) is 54.6 Å². The summed E-state index contributed by atoms with van der Waals surface area (Å²) in [5.41, 5.74) is 6.92. The van der Waals surface area contributed by atoms with Gasteiger partial charge in [-0.15, -0.1) is 0 Å². The normalized spacial score (nSPS) is 12.3. The summed E-state index contributed by atoms with van der Waals surface area (Å²) in [5, 5.41) is 0. The highest BCUT2D eigenvalue weighted by molar-refractivity contribution is 5.27. The molecule has 94 valence electrons. The van der Waals surface area contributed by atoms with E-state index >= 15 is 0 Å². The van der Waals surface area contributed by atoms with Gasteiger partial charge >= 0.3 is 0 Å². The standard InChI is InChI=1S/C16H20N2/c1-13-7-5-6-10-15(13)12-16(18-17)11-14-8-3-2-4-9-14/h2-10,16,18H,11-12,17H2,1H3. The van der Waals surface area contributed by atoms with E-state index in [4.69, 9.17) is 5.84 Å². The Hall–Kier alpha value is -1.64. The van der Waals surface area contributed by atoms with Crippen LogP contribution in [0.2, 0.25) is 0 Å². The van der Waals surface area contributed by atoms with Crippen LogP contribution in [0.3, 0.4) is 0 Å². The number of aryl methyl sites for hydroxylation is 1. The Morgan fingerprint density at radius 2 is 1.61 bits per heavy atom. The number of hydrogen-bond acceptors (Lipinski definition) is 2. The minimum atomic E-state index is 0.272. The molecule has 2 aromatic rings. The topological polar surface area (TPSA) is 38.0 Å². The number of hydrogen-bond donors (Lipinski definition) is 2. The van der Waals surface area contributed by atoms with Crippen molar-refractivity contribution >= 4 is 0 Å². The number of nitrogens with two attached hydrogens (primary N) is 1. The molecule has 0 saturated carbocycles. The predicted octanol–water partition coefficient (Wildman–Crippen LogP) is 2.61. The molecule has 0 aliphatic rings. The van der Waals surface area contributed by atoms with Crippen LogP contribution in [0.25, 0.3) is 0 Å². The molecule has 2 nitrogen and oxygen atoms in total. The van der Waals surface area contributed by atoms with E-state index < -0.39 is 0 Å². The molecule has 1 unspecified atom stereocenters. The van der Waals surface area contributed by atoms with Gasteiger partial charge in [0.15, 0.2) is 0 Å². The molecule has 0 aliphatic carbocycles. The quantitative estimate of drug-likeness (QED) is 0.623. The average molecular weight is 240 g/mol. The monoisotopic (exact) mass is 240 g/mol. The highest BCUT2D eigenvalue weighted by Gasteiger charge is 2.09. The third-order valence-electron chi connectivity index (χ3n) is 3.29. The summed E-state index contributed by atoms with van der Waals surface area (Å²) < 4.78 is 0. The lowest BCUT2D eigenvalue weighted by atomic mass is 9.97. The minimum absolute atomic E-state index is 0.272. The maximum absolute atomic E-state index is 5.67. The van der Waals surface area contributed by atoms with Gasteiger partial charge in [0.2, 0.25) is 0 Å². The molecular formula is C16H20N2. The fourth-order valence-electron chi connectivity index (χ4n) is 2.19. The SMILES string of the molecule is Cc1ccccc1CC(Cc1ccccc1)NN. The van der Waals surface area contributed by atoms with E-state index in [2.05, 4.69) is 60.9 Å². The van der Waals surface area contributed by atoms with Crippen molar-refractivity contribution in [2.45, 2.75) is 25.8 Å². The maximum Gasteiger partial charge on any atom is 0.0291 e. The fraction of sp³-hybridized carbons (Fsp3) is 0.250. The Kier molecular flexibility index (Phi) is 4.51. The summed E-state index contributed by atoms with van der Waals surface area (Å²) in [6, 6.07) is 19.2. The highest BCUT2D eigenvalue weighted by atomic mass is 15.2. The maximum atomic E-state index is 5.67. The van der Waals surface area contributed by atoms with Crippen molar-refractivity contribution in [1.82, 2.24) is 5.43 Å². The first kappa shape index (κ1) is 12.8. The Morgan fingerprint density at radius 3 is 2.28 bits per heavy atom. The lowest BCUT2D eigenvalue weighted by molar-refractivity contribution is 0.521. The third kappa shape index (κ3) is 3.42. The Bertz CT molecular complexity index is 479. The van der Waals surface area contributed by atoms with Gasteiger partial charge in [-0.05, 0) is 36.5 Å². The van der Waals surface area contributed by atoms with E-state index in [1.54, 1.807) is 0 Å². The Labute approximate surface area is 109 Å². The highest BCUT2D eigenvalue weighted by Crippen LogP contribution is 2.12. The summed E-state index contributed by atoms with van der Waals surface area (Å²) in [6.07, 6.45) is 1.91. The summed E-state index contributed by atoms with van der Waals surface area (Å²) in [6.45, 7) is 2.14. The van der Waals surface area contributed by atoms with Gasteiger partial charge in [0.25, 0.3) is 0 Å². The molecule has 0 bridgehead atoms. The second kappa shape index (κ2) is 6.34. The number of nitrogens with one attached hydrogen (secondary N) is 1. The smallest absolute Gasteiger partial charge is 0.0291 e. The van der Waals surface area contributed by atoms with Crippen LogP contribution in [0.4, 0.5) is 0 Å². The predicted molar refractivity (Wildman–Crippen MR) is 76.1 cm³/mol. The van der Waals surface area contributed by atoms with Gasteiger partial charge in [0, 0.05) is 6.04 Å². The van der Waals surface area contributed by atoms with Crippen molar-refractivity contribution in [3.05, 3.63) is 71.3 Å². The molecule has 18 heavy (non-hydrogen) atoms. The molecule has 2 aromatic carbocycles. The van der Waals surface area contributed by atoms with Crippen molar-refractivity contribution in [3.8, 4) is 0 Å². The summed E-state index contributed by atoms with van der Waals surface area (Å²) in [5.74, 6) is 5.67. The number of rotatable bonds is 5. The largest absolute Gasteiger partial charge is 0.271 e. The molecule has 3 N–H and O–H groups in total. The summed E-state index contributed by atoms with van der Waals surface area (Å²) in [4.78, 5) is 0. The molecule has 2 rings (SSSR count). The molecule has 0 aliphatic heterocycles. The van der Waals surface area contributed by atoms with Crippen LogP contribution in [0.5, 0.6) is 0 Å². The van der Waals surface area contributed by atoms with E-state index in [0.717, 1.165) is 12.8 Å². The zero-order valence-electron chi connectivity index (χ0n) is 10.8. The van der Waals surface area contributed by atoms with Crippen LogP contribution < -0.4 is 11.3 Å². The van der Waals surface area contributed by atoms with Crippen LogP contribution in [-0.2, 0) is 12.8 Å². The molecule has 2 heteroatoms. The van der Waals surface area contributed by atoms with Gasteiger partial charge in [-0.3, -0.25) is 11.3 Å². The van der Waals surface area contributed by atoms with Crippen molar-refractivity contribution in [1.29, 1.82) is 0 Å². The van der Waals surface area contributed by atoms with Gasteiger partial charge in [-0.1, -0.05) is 54.6 Å². The lowest BCUT2D eigenvalue weighted by Crippen LogP contribution is -2.38. The zero-order chi connectivity index (χ0) is 12.8. The van der Waals surface area contributed by atoms with Crippen LogP contribution in [0.1, 0.15) is 16.7 Å². The molecule has 0 fully saturated rings. The molecule has 0 spiro atoms. The Balaban J connectivity index is 2.04. The van der Waals surface area contributed by atoms with Crippen LogP contribution in [0, 0.1) is 6.92 Å². The fourth-order valence-corrected chi connectivity index (χ4v) is 2.19. The minimum Gasteiger partial charge on any atom is -0.271 e. The summed E-state index contributed by atoms with van der Waals surface area (Å²) >= 11 is 0. The molecule has 0 radical (unpaired) electrons. The number of hydrazine groups is 1. The van der Waals surface area contributed by atoms with Crippen LogP contribution >= 0.6 is 0 Å². The van der Waals surface area contributed by atoms with Gasteiger partial charge in [-0.2, -0.15) is 0 Å². The zero-order valence-corrected chi connectivity index (χ0v) is 10.8. The first-order valence-corrected chi connectivity index (χ1v) is 6.34. The third-order valence-corrected chi connectivity index (χ3v) is 3.29. The van der Waals surface area contributed by atoms with Crippen molar-refractivity contribution in [2.24, 2.45) is 5.84 Å². The van der Waals surface area contributed by atoms with E-state index in [-0.39, 0.29) is 6.04 Å². The van der Waals surface area contributed by atoms with Gasteiger partial charge < -0.3 is 0 Å². The van der Waals surface area contributed by atoms with Crippen LogP contribution in [-0.4, -0.2) is 6.04 Å². The van der Waals surface area contributed by atoms with Gasteiger partial charge in [0.05, 0.1) is 0 Å². The van der Waals surface area contributed by atoms with E-state index in [0.29, 0.717) is 0 Å². The molecule has 0 aromatic heterocycles. The van der Waals surface area contributed by atoms with Crippen molar-refractivity contribution in [3.63, 3.8) is 0 Å². The van der Waals surface area contributed by atoms with Crippen molar-refractivity contribution < 1.29 is 0 Å². The van der Waals surface area contributed by atoms with E-state index in [1.807, 2.05) is 6.07 Å². The molecule has 0 amide bonds. The molecule has 0 saturated heterocycles. The summed E-state index contributed by atoms with van der Waals surface area (Å²) in [7, 11) is 0. The first-order valence-electron chi connectivity index (χ1n) is 6.34.